The average molecular weight is 259 g/mol. The first-order chi connectivity index (χ1) is 9.10. The van der Waals surface area contributed by atoms with Crippen molar-refractivity contribution in [2.45, 2.75) is 6.42 Å². The molecule has 2 aromatic rings. The number of carbonyl (C=O) groups is 1. The zero-order valence-corrected chi connectivity index (χ0v) is 10.5. The largest absolute Gasteiger partial charge is 0.496 e. The van der Waals surface area contributed by atoms with Gasteiger partial charge in [0.25, 0.3) is 0 Å². The summed E-state index contributed by atoms with van der Waals surface area (Å²) < 4.78 is 18.1. The molecule has 0 aliphatic carbocycles. The number of halogens is 1. The molecular formula is C15H14FNO2. The van der Waals surface area contributed by atoms with Gasteiger partial charge >= 0.3 is 0 Å². The molecule has 0 atom stereocenters. The van der Waals surface area contributed by atoms with Crippen LogP contribution in [0.25, 0.3) is 0 Å². The first kappa shape index (κ1) is 13.1. The molecule has 98 valence electrons. The van der Waals surface area contributed by atoms with Crippen LogP contribution in [0.15, 0.2) is 42.5 Å². The van der Waals surface area contributed by atoms with Crippen LogP contribution in [0.4, 0.5) is 4.39 Å². The summed E-state index contributed by atoms with van der Waals surface area (Å²) in [5.74, 6) is -0.0843. The standard InChI is InChI=1S/C15H14FNO2/c1-19-14-7-4-11(15(17)18)9-12(14)8-10-2-5-13(16)6-3-10/h2-7,9H,8H2,1H3,(H2,17,18). The molecule has 0 aliphatic heterocycles. The van der Waals surface area contributed by atoms with Gasteiger partial charge in [-0.15, -0.1) is 0 Å². The highest BCUT2D eigenvalue weighted by atomic mass is 19.1. The molecule has 0 bridgehead atoms. The summed E-state index contributed by atoms with van der Waals surface area (Å²) in [6, 6.07) is 11.2. The van der Waals surface area contributed by atoms with Crippen molar-refractivity contribution < 1.29 is 13.9 Å². The quantitative estimate of drug-likeness (QED) is 0.917. The van der Waals surface area contributed by atoms with Gasteiger partial charge in [-0.1, -0.05) is 12.1 Å². The number of methoxy groups -OCH3 is 1. The number of primary amides is 1. The van der Waals surface area contributed by atoms with Gasteiger partial charge < -0.3 is 10.5 Å². The molecular weight excluding hydrogens is 245 g/mol. The van der Waals surface area contributed by atoms with Crippen LogP contribution in [0, 0.1) is 5.82 Å². The zero-order valence-electron chi connectivity index (χ0n) is 10.5. The van der Waals surface area contributed by atoms with Crippen molar-refractivity contribution in [3.8, 4) is 5.75 Å². The molecule has 0 spiro atoms. The van der Waals surface area contributed by atoms with Gasteiger partial charge in [0, 0.05) is 12.0 Å². The first-order valence-corrected chi connectivity index (χ1v) is 5.81. The number of hydrogen-bond acceptors (Lipinski definition) is 2. The van der Waals surface area contributed by atoms with Crippen LogP contribution in [-0.2, 0) is 6.42 Å². The molecule has 0 saturated heterocycles. The van der Waals surface area contributed by atoms with Crippen LogP contribution in [0.3, 0.4) is 0 Å². The molecule has 0 unspecified atom stereocenters. The smallest absolute Gasteiger partial charge is 0.248 e. The van der Waals surface area contributed by atoms with E-state index in [0.29, 0.717) is 17.7 Å². The summed E-state index contributed by atoms with van der Waals surface area (Å²) in [6.45, 7) is 0. The van der Waals surface area contributed by atoms with E-state index in [4.69, 9.17) is 10.5 Å². The monoisotopic (exact) mass is 259 g/mol. The second kappa shape index (κ2) is 5.52. The van der Waals surface area contributed by atoms with E-state index in [9.17, 15) is 9.18 Å². The molecule has 0 saturated carbocycles. The van der Waals surface area contributed by atoms with Gasteiger partial charge in [0.15, 0.2) is 0 Å². The lowest BCUT2D eigenvalue weighted by atomic mass is 10.0. The lowest BCUT2D eigenvalue weighted by molar-refractivity contribution is 0.1000. The Hall–Kier alpha value is -2.36. The molecule has 19 heavy (non-hydrogen) atoms. The lowest BCUT2D eigenvalue weighted by Crippen LogP contribution is -2.11. The molecule has 2 rings (SSSR count). The number of nitrogens with two attached hydrogens (primary N) is 1. The molecule has 0 aliphatic rings. The van der Waals surface area contributed by atoms with Crippen LogP contribution in [0.2, 0.25) is 0 Å². The highest BCUT2D eigenvalue weighted by Gasteiger charge is 2.08. The van der Waals surface area contributed by atoms with E-state index < -0.39 is 5.91 Å². The van der Waals surface area contributed by atoms with E-state index in [1.807, 2.05) is 0 Å². The molecule has 3 nitrogen and oxygen atoms in total. The van der Waals surface area contributed by atoms with Crippen molar-refractivity contribution in [3.63, 3.8) is 0 Å². The van der Waals surface area contributed by atoms with Gasteiger partial charge in [-0.25, -0.2) is 4.39 Å². The third-order valence-electron chi connectivity index (χ3n) is 2.87. The summed E-state index contributed by atoms with van der Waals surface area (Å²) in [6.07, 6.45) is 0.546. The molecule has 0 radical (unpaired) electrons. The van der Waals surface area contributed by atoms with Gasteiger partial charge in [-0.05, 0) is 41.5 Å². The average Bonchev–Trinajstić information content (AvgIpc) is 2.41. The third kappa shape index (κ3) is 3.10. The maximum Gasteiger partial charge on any atom is 0.248 e. The number of amides is 1. The van der Waals surface area contributed by atoms with Gasteiger partial charge in [-0.2, -0.15) is 0 Å². The minimum absolute atomic E-state index is 0.276. The van der Waals surface area contributed by atoms with E-state index in [1.54, 1.807) is 37.4 Å². The Bertz CT molecular complexity index is 594. The third-order valence-corrected chi connectivity index (χ3v) is 2.87. The minimum atomic E-state index is -0.483. The van der Waals surface area contributed by atoms with Crippen LogP contribution in [0.5, 0.6) is 5.75 Å². The van der Waals surface area contributed by atoms with Crippen molar-refractivity contribution in [3.05, 3.63) is 65.0 Å². The summed E-state index contributed by atoms with van der Waals surface area (Å²) in [5, 5.41) is 0. The van der Waals surface area contributed by atoms with Crippen molar-refractivity contribution in [2.75, 3.05) is 7.11 Å². The van der Waals surface area contributed by atoms with Gasteiger partial charge in [0.05, 0.1) is 7.11 Å². The Labute approximate surface area is 110 Å². The van der Waals surface area contributed by atoms with E-state index in [-0.39, 0.29) is 5.82 Å². The van der Waals surface area contributed by atoms with Gasteiger partial charge in [0.2, 0.25) is 5.91 Å². The fourth-order valence-electron chi connectivity index (χ4n) is 1.89. The highest BCUT2D eigenvalue weighted by molar-refractivity contribution is 5.93. The lowest BCUT2D eigenvalue weighted by Gasteiger charge is -2.10. The molecule has 2 aromatic carbocycles. The van der Waals surface area contributed by atoms with Crippen molar-refractivity contribution >= 4 is 5.91 Å². The number of hydrogen-bond donors (Lipinski definition) is 1. The van der Waals surface area contributed by atoms with Crippen molar-refractivity contribution in [2.24, 2.45) is 5.73 Å². The van der Waals surface area contributed by atoms with Crippen molar-refractivity contribution in [1.82, 2.24) is 0 Å². The zero-order chi connectivity index (χ0) is 13.8. The predicted molar refractivity (Wildman–Crippen MR) is 70.7 cm³/mol. The number of rotatable bonds is 4. The second-order valence-electron chi connectivity index (χ2n) is 4.19. The van der Waals surface area contributed by atoms with E-state index >= 15 is 0 Å². The Kier molecular flexibility index (Phi) is 3.80. The molecule has 2 N–H and O–H groups in total. The predicted octanol–water partition coefficient (Wildman–Crippen LogP) is 2.52. The minimum Gasteiger partial charge on any atom is -0.496 e. The van der Waals surface area contributed by atoms with Crippen molar-refractivity contribution in [1.29, 1.82) is 0 Å². The molecule has 0 heterocycles. The van der Waals surface area contributed by atoms with E-state index in [2.05, 4.69) is 0 Å². The molecule has 1 amide bonds. The number of benzene rings is 2. The second-order valence-corrected chi connectivity index (χ2v) is 4.19. The summed E-state index contributed by atoms with van der Waals surface area (Å²) in [7, 11) is 1.56. The summed E-state index contributed by atoms with van der Waals surface area (Å²) >= 11 is 0. The highest BCUT2D eigenvalue weighted by Crippen LogP contribution is 2.23. The van der Waals surface area contributed by atoms with Gasteiger partial charge in [-0.3, -0.25) is 4.79 Å². The Morgan fingerprint density at radius 3 is 2.47 bits per heavy atom. The Morgan fingerprint density at radius 1 is 1.21 bits per heavy atom. The maximum atomic E-state index is 12.9. The maximum absolute atomic E-state index is 12.9. The number of ether oxygens (including phenoxy) is 1. The van der Waals surface area contributed by atoms with E-state index in [0.717, 1.165) is 11.1 Å². The summed E-state index contributed by atoms with van der Waals surface area (Å²) in [5.41, 5.74) is 7.46. The SMILES string of the molecule is COc1ccc(C(N)=O)cc1Cc1ccc(F)cc1. The number of carbonyl (C=O) groups excluding carboxylic acids is 1. The van der Waals surface area contributed by atoms with Crippen LogP contribution in [0.1, 0.15) is 21.5 Å². The van der Waals surface area contributed by atoms with Crippen LogP contribution < -0.4 is 10.5 Å². The Morgan fingerprint density at radius 2 is 1.89 bits per heavy atom. The van der Waals surface area contributed by atoms with Gasteiger partial charge in [0.1, 0.15) is 11.6 Å². The fourth-order valence-corrected chi connectivity index (χ4v) is 1.89. The topological polar surface area (TPSA) is 52.3 Å². The molecule has 0 aromatic heterocycles. The van der Waals surface area contributed by atoms with Crippen LogP contribution in [-0.4, -0.2) is 13.0 Å². The fraction of sp³-hybridized carbons (Fsp3) is 0.133. The van der Waals surface area contributed by atoms with Crippen LogP contribution >= 0.6 is 0 Å². The summed E-state index contributed by atoms with van der Waals surface area (Å²) in [4.78, 5) is 11.2. The first-order valence-electron chi connectivity index (χ1n) is 5.81. The van der Waals surface area contributed by atoms with E-state index in [1.165, 1.54) is 12.1 Å². The molecule has 0 fully saturated rings. The Balaban J connectivity index is 2.34. The molecule has 4 heteroatoms. The normalized spacial score (nSPS) is 10.2.